The summed E-state index contributed by atoms with van der Waals surface area (Å²) in [5.74, 6) is 1.18. The third kappa shape index (κ3) is 9.28. The predicted octanol–water partition coefficient (Wildman–Crippen LogP) is 4.94. The van der Waals surface area contributed by atoms with Gasteiger partial charge in [-0.2, -0.15) is 0 Å². The van der Waals surface area contributed by atoms with E-state index in [0.717, 1.165) is 30.6 Å². The van der Waals surface area contributed by atoms with Crippen molar-refractivity contribution >= 4 is 5.97 Å². The van der Waals surface area contributed by atoms with Crippen LogP contribution in [0.4, 0.5) is 0 Å². The Kier molecular flexibility index (Phi) is 11.5. The van der Waals surface area contributed by atoms with E-state index in [-0.39, 0.29) is 12.0 Å². The molecule has 0 unspecified atom stereocenters. The minimum absolute atomic E-state index is 0.159. The van der Waals surface area contributed by atoms with E-state index in [4.69, 9.17) is 23.7 Å². The molecule has 0 radical (unpaired) electrons. The van der Waals surface area contributed by atoms with Crippen molar-refractivity contribution in [1.29, 1.82) is 0 Å². The van der Waals surface area contributed by atoms with Gasteiger partial charge in [-0.25, -0.2) is 4.79 Å². The van der Waals surface area contributed by atoms with Gasteiger partial charge < -0.3 is 23.7 Å². The summed E-state index contributed by atoms with van der Waals surface area (Å²) >= 11 is 0. The van der Waals surface area contributed by atoms with Crippen molar-refractivity contribution in [2.45, 2.75) is 32.6 Å². The highest BCUT2D eigenvalue weighted by molar-refractivity contribution is 5.81. The number of hydrogen-bond acceptors (Lipinski definition) is 6. The predicted molar refractivity (Wildman–Crippen MR) is 129 cm³/mol. The third-order valence-electron chi connectivity index (χ3n) is 5.13. The Morgan fingerprint density at radius 3 is 1.67 bits per heavy atom. The van der Waals surface area contributed by atoms with Crippen molar-refractivity contribution in [1.82, 2.24) is 0 Å². The summed E-state index contributed by atoms with van der Waals surface area (Å²) in [7, 11) is 0. The van der Waals surface area contributed by atoms with Gasteiger partial charge in [0.25, 0.3) is 0 Å². The first-order chi connectivity index (χ1) is 16.0. The molecule has 0 N–H and O–H groups in total. The highest BCUT2D eigenvalue weighted by Gasteiger charge is 2.23. The highest BCUT2D eigenvalue weighted by Crippen LogP contribution is 2.33. The second-order valence-corrected chi connectivity index (χ2v) is 7.97. The Bertz CT molecular complexity index is 827. The minimum atomic E-state index is -0.449. The van der Waals surface area contributed by atoms with Crippen molar-refractivity contribution in [2.75, 3.05) is 46.2 Å². The smallest absolute Gasteiger partial charge is 0.330 e. The van der Waals surface area contributed by atoms with E-state index >= 15 is 0 Å². The summed E-state index contributed by atoms with van der Waals surface area (Å²) < 4.78 is 27.1. The number of carbonyl (C=O) groups is 1. The topological polar surface area (TPSA) is 63.2 Å². The van der Waals surface area contributed by atoms with E-state index < -0.39 is 5.97 Å². The van der Waals surface area contributed by atoms with Crippen LogP contribution >= 0.6 is 0 Å². The lowest BCUT2D eigenvalue weighted by atomic mass is 9.78. The maximum atomic E-state index is 10.9. The maximum absolute atomic E-state index is 10.9. The SMILES string of the molecule is C=CC(=O)OCCOCCOc1ccc(C(C)(C)c2ccc(OCCOCCC)cc2)cc1. The average molecular weight is 457 g/mol. The summed E-state index contributed by atoms with van der Waals surface area (Å²) in [6.45, 7) is 13.1. The molecule has 0 aromatic heterocycles. The van der Waals surface area contributed by atoms with Gasteiger partial charge in [0.05, 0.1) is 19.8 Å². The Morgan fingerprint density at radius 2 is 1.21 bits per heavy atom. The van der Waals surface area contributed by atoms with Crippen molar-refractivity contribution in [3.05, 3.63) is 72.3 Å². The van der Waals surface area contributed by atoms with E-state index in [1.807, 2.05) is 24.3 Å². The van der Waals surface area contributed by atoms with Crippen molar-refractivity contribution in [2.24, 2.45) is 0 Å². The van der Waals surface area contributed by atoms with Crippen LogP contribution in [0.5, 0.6) is 11.5 Å². The van der Waals surface area contributed by atoms with Crippen LogP contribution in [0.15, 0.2) is 61.2 Å². The summed E-state index contributed by atoms with van der Waals surface area (Å²) in [6, 6.07) is 16.3. The number of hydrogen-bond donors (Lipinski definition) is 0. The zero-order chi connectivity index (χ0) is 23.9. The van der Waals surface area contributed by atoms with Gasteiger partial charge in [0.2, 0.25) is 0 Å². The van der Waals surface area contributed by atoms with Crippen LogP contribution < -0.4 is 9.47 Å². The van der Waals surface area contributed by atoms with Gasteiger partial charge >= 0.3 is 5.97 Å². The Labute approximate surface area is 197 Å². The Balaban J connectivity index is 1.77. The number of benzene rings is 2. The van der Waals surface area contributed by atoms with Crippen molar-refractivity contribution in [3.63, 3.8) is 0 Å². The lowest BCUT2D eigenvalue weighted by Gasteiger charge is -2.26. The summed E-state index contributed by atoms with van der Waals surface area (Å²) in [5, 5.41) is 0. The van der Waals surface area contributed by atoms with Crippen molar-refractivity contribution < 1.29 is 28.5 Å². The van der Waals surface area contributed by atoms with Crippen LogP contribution in [-0.4, -0.2) is 52.2 Å². The van der Waals surface area contributed by atoms with Gasteiger partial charge in [-0.3, -0.25) is 0 Å². The molecule has 0 saturated heterocycles. The zero-order valence-electron chi connectivity index (χ0n) is 20.0. The molecular weight excluding hydrogens is 420 g/mol. The Morgan fingerprint density at radius 1 is 0.758 bits per heavy atom. The molecule has 0 heterocycles. The third-order valence-corrected chi connectivity index (χ3v) is 5.13. The van der Waals surface area contributed by atoms with Gasteiger partial charge in [-0.05, 0) is 41.8 Å². The van der Waals surface area contributed by atoms with E-state index in [2.05, 4.69) is 51.6 Å². The molecule has 6 heteroatoms. The molecule has 0 spiro atoms. The lowest BCUT2D eigenvalue weighted by molar-refractivity contribution is -0.139. The first-order valence-corrected chi connectivity index (χ1v) is 11.4. The van der Waals surface area contributed by atoms with E-state index in [0.29, 0.717) is 33.0 Å². The molecule has 0 saturated carbocycles. The standard InChI is InChI=1S/C27H36O6/c1-5-15-29-16-19-31-24-11-7-22(8-12-24)27(3,4)23-9-13-25(14-10-23)32-20-17-30-18-21-33-26(28)6-2/h6-14H,2,5,15-21H2,1,3-4H3. The molecule has 33 heavy (non-hydrogen) atoms. The largest absolute Gasteiger partial charge is 0.491 e. The van der Waals surface area contributed by atoms with Gasteiger partial charge in [0.1, 0.15) is 31.3 Å². The summed E-state index contributed by atoms with van der Waals surface area (Å²) in [5.41, 5.74) is 2.24. The molecule has 0 bridgehead atoms. The molecule has 0 aliphatic rings. The quantitative estimate of drug-likeness (QED) is 0.202. The van der Waals surface area contributed by atoms with Crippen LogP contribution in [0.25, 0.3) is 0 Å². The van der Waals surface area contributed by atoms with Crippen LogP contribution in [0, 0.1) is 0 Å². The molecule has 2 rings (SSSR count). The van der Waals surface area contributed by atoms with Gasteiger partial charge in [-0.15, -0.1) is 0 Å². The second kappa shape index (κ2) is 14.3. The molecule has 180 valence electrons. The lowest BCUT2D eigenvalue weighted by Crippen LogP contribution is -2.19. The summed E-state index contributed by atoms with van der Waals surface area (Å²) in [6.07, 6.45) is 2.14. The van der Waals surface area contributed by atoms with E-state index in [1.165, 1.54) is 11.1 Å². The maximum Gasteiger partial charge on any atom is 0.330 e. The fraction of sp³-hybridized carbons (Fsp3) is 0.444. The Hall–Kier alpha value is -2.83. The average Bonchev–Trinajstić information content (AvgIpc) is 2.83. The molecule has 0 amide bonds. The first-order valence-electron chi connectivity index (χ1n) is 11.4. The fourth-order valence-electron chi connectivity index (χ4n) is 3.15. The molecule has 0 aliphatic carbocycles. The molecule has 2 aromatic carbocycles. The molecule has 0 fully saturated rings. The number of rotatable bonds is 16. The molecular formula is C27H36O6. The van der Waals surface area contributed by atoms with Gasteiger partial charge in [0.15, 0.2) is 0 Å². The highest BCUT2D eigenvalue weighted by atomic mass is 16.6. The normalized spacial score (nSPS) is 11.1. The summed E-state index contributed by atoms with van der Waals surface area (Å²) in [4.78, 5) is 10.9. The molecule has 2 aromatic rings. The first kappa shape index (κ1) is 26.4. The number of ether oxygens (including phenoxy) is 5. The zero-order valence-corrected chi connectivity index (χ0v) is 20.0. The van der Waals surface area contributed by atoms with Crippen LogP contribution in [0.3, 0.4) is 0 Å². The van der Waals surface area contributed by atoms with Gasteiger partial charge in [0, 0.05) is 18.1 Å². The van der Waals surface area contributed by atoms with Crippen LogP contribution in [-0.2, 0) is 24.4 Å². The van der Waals surface area contributed by atoms with E-state index in [9.17, 15) is 4.79 Å². The number of esters is 1. The second-order valence-electron chi connectivity index (χ2n) is 7.97. The molecule has 6 nitrogen and oxygen atoms in total. The monoisotopic (exact) mass is 456 g/mol. The van der Waals surface area contributed by atoms with Crippen LogP contribution in [0.1, 0.15) is 38.3 Å². The number of carbonyl (C=O) groups excluding carboxylic acids is 1. The fourth-order valence-corrected chi connectivity index (χ4v) is 3.15. The molecule has 0 atom stereocenters. The van der Waals surface area contributed by atoms with Crippen molar-refractivity contribution in [3.8, 4) is 11.5 Å². The van der Waals surface area contributed by atoms with Crippen LogP contribution in [0.2, 0.25) is 0 Å². The molecule has 0 aliphatic heterocycles. The minimum Gasteiger partial charge on any atom is -0.491 e. The van der Waals surface area contributed by atoms with Gasteiger partial charge in [-0.1, -0.05) is 51.6 Å². The van der Waals surface area contributed by atoms with E-state index in [1.54, 1.807) is 0 Å².